The highest BCUT2D eigenvalue weighted by atomic mass is 16.6. The molecule has 2 aromatic rings. The monoisotopic (exact) mass is 375 g/mol. The number of carbonyl (C=O) groups excluding carboxylic acids is 1. The van der Waals surface area contributed by atoms with E-state index in [2.05, 4.69) is 6.92 Å². The minimum Gasteiger partial charge on any atom is -0.496 e. The van der Waals surface area contributed by atoms with Crippen LogP contribution in [0.5, 0.6) is 23.0 Å². The van der Waals surface area contributed by atoms with Gasteiger partial charge in [-0.25, -0.2) is 4.79 Å². The zero-order valence-corrected chi connectivity index (χ0v) is 15.4. The normalized spacial score (nSPS) is 10.2. The van der Waals surface area contributed by atoms with E-state index in [4.69, 9.17) is 18.9 Å². The van der Waals surface area contributed by atoms with E-state index in [0.717, 1.165) is 12.8 Å². The van der Waals surface area contributed by atoms with Crippen LogP contribution >= 0.6 is 0 Å². The predicted octanol–water partition coefficient (Wildman–Crippen LogP) is 4.01. The maximum atomic E-state index is 12.4. The molecule has 0 fully saturated rings. The first-order chi connectivity index (χ1) is 13.0. The molecule has 0 N–H and O–H groups in total. The van der Waals surface area contributed by atoms with Crippen LogP contribution in [0.1, 0.15) is 30.1 Å². The lowest BCUT2D eigenvalue weighted by molar-refractivity contribution is -0.385. The maximum absolute atomic E-state index is 12.4. The number of methoxy groups -OCH3 is 2. The fraction of sp³-hybridized carbons (Fsp3) is 0.316. The SMILES string of the molecule is CCCCOc1ccc(C(=O)Oc2ccc(OC)cc2[N+](=O)[O-])cc1OC. The molecule has 0 aliphatic heterocycles. The van der Waals surface area contributed by atoms with Gasteiger partial charge in [-0.05, 0) is 36.8 Å². The zero-order chi connectivity index (χ0) is 19.8. The van der Waals surface area contributed by atoms with Gasteiger partial charge in [-0.2, -0.15) is 0 Å². The van der Waals surface area contributed by atoms with E-state index < -0.39 is 10.9 Å². The Morgan fingerprint density at radius 2 is 1.78 bits per heavy atom. The Hall–Kier alpha value is -3.29. The predicted molar refractivity (Wildman–Crippen MR) is 98.0 cm³/mol. The molecule has 0 amide bonds. The van der Waals surface area contributed by atoms with Crippen molar-refractivity contribution in [2.24, 2.45) is 0 Å². The smallest absolute Gasteiger partial charge is 0.343 e. The van der Waals surface area contributed by atoms with E-state index in [1.54, 1.807) is 6.07 Å². The first-order valence-corrected chi connectivity index (χ1v) is 8.35. The average molecular weight is 375 g/mol. The lowest BCUT2D eigenvalue weighted by Gasteiger charge is -2.12. The summed E-state index contributed by atoms with van der Waals surface area (Å²) < 4.78 is 21.0. The van der Waals surface area contributed by atoms with Crippen molar-refractivity contribution >= 4 is 11.7 Å². The number of hydrogen-bond donors (Lipinski definition) is 0. The van der Waals surface area contributed by atoms with Crippen LogP contribution in [-0.4, -0.2) is 31.7 Å². The third-order valence-electron chi connectivity index (χ3n) is 3.72. The standard InChI is InChI=1S/C19H21NO7/c1-4-5-10-26-17-8-6-13(11-18(17)25-3)19(21)27-16-9-7-14(24-2)12-15(16)20(22)23/h6-9,11-12H,4-5,10H2,1-3H3. The van der Waals surface area contributed by atoms with Crippen LogP contribution in [-0.2, 0) is 0 Å². The lowest BCUT2D eigenvalue weighted by atomic mass is 10.2. The van der Waals surface area contributed by atoms with Crippen LogP contribution in [0.2, 0.25) is 0 Å². The molecule has 8 heteroatoms. The fourth-order valence-corrected chi connectivity index (χ4v) is 2.25. The second-order valence-corrected chi connectivity index (χ2v) is 5.55. The third kappa shape index (κ3) is 5.10. The van der Waals surface area contributed by atoms with Gasteiger partial charge in [-0.3, -0.25) is 10.1 Å². The van der Waals surface area contributed by atoms with Crippen molar-refractivity contribution in [3.63, 3.8) is 0 Å². The van der Waals surface area contributed by atoms with Gasteiger partial charge in [-0.15, -0.1) is 0 Å². The van der Waals surface area contributed by atoms with Gasteiger partial charge in [0, 0.05) is 0 Å². The minimum atomic E-state index is -0.748. The Kier molecular flexibility index (Phi) is 6.99. The summed E-state index contributed by atoms with van der Waals surface area (Å²) in [5, 5.41) is 11.2. The van der Waals surface area contributed by atoms with Crippen molar-refractivity contribution in [2.45, 2.75) is 19.8 Å². The number of ether oxygens (including phenoxy) is 4. The summed E-state index contributed by atoms with van der Waals surface area (Å²) in [5.74, 6) is 0.258. The first kappa shape index (κ1) is 20.0. The van der Waals surface area contributed by atoms with E-state index in [0.29, 0.717) is 18.1 Å². The van der Waals surface area contributed by atoms with Crippen LogP contribution in [0.4, 0.5) is 5.69 Å². The molecule has 0 spiro atoms. The molecule has 0 aliphatic carbocycles. The first-order valence-electron chi connectivity index (χ1n) is 8.35. The van der Waals surface area contributed by atoms with Gasteiger partial charge in [0.05, 0.1) is 37.4 Å². The number of hydrogen-bond acceptors (Lipinski definition) is 7. The van der Waals surface area contributed by atoms with Crippen LogP contribution in [0, 0.1) is 10.1 Å². The van der Waals surface area contributed by atoms with Gasteiger partial charge in [0.1, 0.15) is 5.75 Å². The van der Waals surface area contributed by atoms with E-state index in [9.17, 15) is 14.9 Å². The van der Waals surface area contributed by atoms with Gasteiger partial charge in [0.15, 0.2) is 11.5 Å². The molecule has 27 heavy (non-hydrogen) atoms. The minimum absolute atomic E-state index is 0.173. The molecule has 0 unspecified atom stereocenters. The van der Waals surface area contributed by atoms with Crippen molar-refractivity contribution in [2.75, 3.05) is 20.8 Å². The van der Waals surface area contributed by atoms with E-state index in [1.807, 2.05) is 0 Å². The fourth-order valence-electron chi connectivity index (χ4n) is 2.25. The molecule has 0 heterocycles. The molecular formula is C19H21NO7. The van der Waals surface area contributed by atoms with Gasteiger partial charge in [-0.1, -0.05) is 13.3 Å². The highest BCUT2D eigenvalue weighted by Crippen LogP contribution is 2.33. The number of benzene rings is 2. The summed E-state index contributed by atoms with van der Waals surface area (Å²) in [6, 6.07) is 8.57. The Morgan fingerprint density at radius 1 is 1.04 bits per heavy atom. The molecule has 2 rings (SSSR count). The van der Waals surface area contributed by atoms with E-state index >= 15 is 0 Å². The number of nitro benzene ring substituents is 1. The highest BCUT2D eigenvalue weighted by Gasteiger charge is 2.21. The van der Waals surface area contributed by atoms with Crippen LogP contribution in [0.3, 0.4) is 0 Å². The molecule has 0 bridgehead atoms. The van der Waals surface area contributed by atoms with Crippen molar-refractivity contribution in [3.05, 3.63) is 52.1 Å². The van der Waals surface area contributed by atoms with Crippen LogP contribution in [0.15, 0.2) is 36.4 Å². The Morgan fingerprint density at radius 3 is 2.41 bits per heavy atom. The topological polar surface area (TPSA) is 97.1 Å². The Labute approximate surface area is 156 Å². The van der Waals surface area contributed by atoms with Crippen molar-refractivity contribution in [1.82, 2.24) is 0 Å². The highest BCUT2D eigenvalue weighted by molar-refractivity contribution is 5.92. The molecule has 144 valence electrons. The third-order valence-corrected chi connectivity index (χ3v) is 3.72. The summed E-state index contributed by atoms with van der Waals surface area (Å²) in [4.78, 5) is 23.0. The Bertz CT molecular complexity index is 820. The maximum Gasteiger partial charge on any atom is 0.343 e. The van der Waals surface area contributed by atoms with Crippen LogP contribution < -0.4 is 18.9 Å². The van der Waals surface area contributed by atoms with Gasteiger partial charge in [0.25, 0.3) is 0 Å². The molecule has 0 atom stereocenters. The van der Waals surface area contributed by atoms with Crippen LogP contribution in [0.25, 0.3) is 0 Å². The largest absolute Gasteiger partial charge is 0.496 e. The second kappa shape index (κ2) is 9.42. The molecule has 0 saturated carbocycles. The summed E-state index contributed by atoms with van der Waals surface area (Å²) >= 11 is 0. The molecule has 2 aromatic carbocycles. The van der Waals surface area contributed by atoms with Gasteiger partial charge >= 0.3 is 11.7 Å². The quantitative estimate of drug-likeness (QED) is 0.215. The van der Waals surface area contributed by atoms with Crippen molar-refractivity contribution in [3.8, 4) is 23.0 Å². The number of esters is 1. The molecule has 0 aromatic heterocycles. The van der Waals surface area contributed by atoms with Crippen molar-refractivity contribution in [1.29, 1.82) is 0 Å². The number of unbranched alkanes of at least 4 members (excludes halogenated alkanes) is 1. The zero-order valence-electron chi connectivity index (χ0n) is 15.4. The van der Waals surface area contributed by atoms with Crippen molar-refractivity contribution < 1.29 is 28.7 Å². The Balaban J connectivity index is 2.22. The molecule has 0 radical (unpaired) electrons. The summed E-state index contributed by atoms with van der Waals surface area (Å²) in [6.45, 7) is 2.59. The van der Waals surface area contributed by atoms with Gasteiger partial charge in [0.2, 0.25) is 5.75 Å². The molecule has 8 nitrogen and oxygen atoms in total. The number of carbonyl (C=O) groups is 1. The van der Waals surface area contributed by atoms with E-state index in [1.165, 1.54) is 44.6 Å². The number of nitrogens with zero attached hydrogens (tertiary/aromatic N) is 1. The second-order valence-electron chi connectivity index (χ2n) is 5.55. The number of nitro groups is 1. The average Bonchev–Trinajstić information content (AvgIpc) is 2.68. The molecular weight excluding hydrogens is 354 g/mol. The summed E-state index contributed by atoms with van der Waals surface area (Å²) in [7, 11) is 2.85. The molecule has 0 saturated heterocycles. The lowest BCUT2D eigenvalue weighted by Crippen LogP contribution is -2.10. The number of rotatable bonds is 9. The summed E-state index contributed by atoms with van der Waals surface area (Å²) in [6.07, 6.45) is 1.89. The molecule has 0 aliphatic rings. The summed E-state index contributed by atoms with van der Waals surface area (Å²) in [5.41, 5.74) is -0.186. The van der Waals surface area contributed by atoms with E-state index in [-0.39, 0.29) is 22.7 Å². The van der Waals surface area contributed by atoms with Gasteiger partial charge < -0.3 is 18.9 Å².